The lowest BCUT2D eigenvalue weighted by Crippen LogP contribution is -2.48. The van der Waals surface area contributed by atoms with Gasteiger partial charge in [-0.25, -0.2) is 4.98 Å². The van der Waals surface area contributed by atoms with E-state index in [2.05, 4.69) is 33.1 Å². The van der Waals surface area contributed by atoms with Crippen molar-refractivity contribution in [3.05, 3.63) is 66.0 Å². The van der Waals surface area contributed by atoms with Crippen LogP contribution >= 0.6 is 0 Å². The number of hydrogen-bond donors (Lipinski definition) is 2. The molecule has 3 rings (SSSR count). The molecule has 0 spiro atoms. The molecule has 1 atom stereocenters. The normalized spacial score (nSPS) is 12.9. The van der Waals surface area contributed by atoms with E-state index in [4.69, 9.17) is 5.73 Å². The van der Waals surface area contributed by atoms with Gasteiger partial charge in [0, 0.05) is 13.1 Å². The van der Waals surface area contributed by atoms with Crippen LogP contribution in [0.25, 0.3) is 11.0 Å². The fourth-order valence-electron chi connectivity index (χ4n) is 2.79. The van der Waals surface area contributed by atoms with Gasteiger partial charge in [-0.3, -0.25) is 4.79 Å². The second kappa shape index (κ2) is 7.30. The second-order valence-corrected chi connectivity index (χ2v) is 7.74. The van der Waals surface area contributed by atoms with Crippen molar-refractivity contribution < 1.29 is 4.79 Å². The van der Waals surface area contributed by atoms with Gasteiger partial charge in [-0.1, -0.05) is 57.2 Å². The number of carbonyl (C=O) groups excluding carboxylic acids is 1. The second-order valence-electron chi connectivity index (χ2n) is 7.74. The molecular formula is C21H26N4O. The summed E-state index contributed by atoms with van der Waals surface area (Å²) in [6.45, 7) is 7.14. The lowest BCUT2D eigenvalue weighted by molar-refractivity contribution is -0.124. The Hall–Kier alpha value is -2.66. The van der Waals surface area contributed by atoms with Crippen LogP contribution in [-0.2, 0) is 17.9 Å². The molecule has 0 unspecified atom stereocenters. The Morgan fingerprint density at radius 1 is 1.12 bits per heavy atom. The molecule has 0 aliphatic carbocycles. The van der Waals surface area contributed by atoms with Crippen molar-refractivity contribution in [2.24, 2.45) is 11.1 Å². The molecular weight excluding hydrogens is 324 g/mol. The van der Waals surface area contributed by atoms with Crippen LogP contribution < -0.4 is 11.1 Å². The van der Waals surface area contributed by atoms with Crippen molar-refractivity contribution in [1.82, 2.24) is 14.9 Å². The first kappa shape index (κ1) is 18.1. The average molecular weight is 350 g/mol. The molecule has 2 aromatic carbocycles. The van der Waals surface area contributed by atoms with Gasteiger partial charge in [0.1, 0.15) is 0 Å². The van der Waals surface area contributed by atoms with Gasteiger partial charge in [0.15, 0.2) is 0 Å². The SMILES string of the molecule is CC(C)(C)[C@H](N)C(=O)NCc1ccc(Cn2cnc3ccccc32)cc1. The number of nitrogens with two attached hydrogens (primary N) is 1. The number of carbonyl (C=O) groups is 1. The van der Waals surface area contributed by atoms with Crippen LogP contribution in [0.1, 0.15) is 31.9 Å². The molecule has 0 saturated carbocycles. The maximum atomic E-state index is 12.1. The first-order chi connectivity index (χ1) is 12.3. The average Bonchev–Trinajstić information content (AvgIpc) is 3.02. The van der Waals surface area contributed by atoms with Crippen LogP contribution in [0.15, 0.2) is 54.9 Å². The maximum absolute atomic E-state index is 12.1. The Morgan fingerprint density at radius 3 is 2.46 bits per heavy atom. The third kappa shape index (κ3) is 4.11. The number of para-hydroxylation sites is 2. The zero-order chi connectivity index (χ0) is 18.7. The lowest BCUT2D eigenvalue weighted by Gasteiger charge is -2.25. The van der Waals surface area contributed by atoms with E-state index in [9.17, 15) is 4.79 Å². The van der Waals surface area contributed by atoms with Crippen LogP contribution in [0.4, 0.5) is 0 Å². The Balaban J connectivity index is 1.61. The van der Waals surface area contributed by atoms with E-state index < -0.39 is 6.04 Å². The van der Waals surface area contributed by atoms with Crippen LogP contribution in [0, 0.1) is 5.41 Å². The zero-order valence-electron chi connectivity index (χ0n) is 15.6. The van der Waals surface area contributed by atoms with Gasteiger partial charge in [-0.05, 0) is 28.7 Å². The molecule has 0 bridgehead atoms. The Kier molecular flexibility index (Phi) is 5.09. The molecule has 0 aliphatic rings. The largest absolute Gasteiger partial charge is 0.351 e. The third-order valence-electron chi connectivity index (χ3n) is 4.59. The zero-order valence-corrected chi connectivity index (χ0v) is 15.6. The molecule has 0 radical (unpaired) electrons. The maximum Gasteiger partial charge on any atom is 0.237 e. The number of imidazole rings is 1. The third-order valence-corrected chi connectivity index (χ3v) is 4.59. The Morgan fingerprint density at radius 2 is 1.77 bits per heavy atom. The Labute approximate surface area is 154 Å². The highest BCUT2D eigenvalue weighted by atomic mass is 16.2. The first-order valence-corrected chi connectivity index (χ1v) is 8.85. The summed E-state index contributed by atoms with van der Waals surface area (Å²) in [5, 5.41) is 2.92. The van der Waals surface area contributed by atoms with Gasteiger partial charge >= 0.3 is 0 Å². The monoisotopic (exact) mass is 350 g/mol. The molecule has 136 valence electrons. The summed E-state index contributed by atoms with van der Waals surface area (Å²) in [5.74, 6) is -0.119. The highest BCUT2D eigenvalue weighted by Gasteiger charge is 2.27. The molecule has 3 N–H and O–H groups in total. The summed E-state index contributed by atoms with van der Waals surface area (Å²) in [7, 11) is 0. The van der Waals surface area contributed by atoms with Crippen LogP contribution in [-0.4, -0.2) is 21.5 Å². The lowest BCUT2D eigenvalue weighted by atomic mass is 9.87. The standard InChI is InChI=1S/C21H26N4O/c1-21(2,3)19(22)20(26)23-12-15-8-10-16(11-9-15)13-25-14-24-17-6-4-5-7-18(17)25/h4-11,14,19H,12-13,22H2,1-3H3,(H,23,26)/t19-/m1/s1. The molecule has 3 aromatic rings. The number of aromatic nitrogens is 2. The molecule has 1 heterocycles. The van der Waals surface area contributed by atoms with Crippen molar-refractivity contribution in [1.29, 1.82) is 0 Å². The molecule has 1 aromatic heterocycles. The number of benzene rings is 2. The van der Waals surface area contributed by atoms with Crippen molar-refractivity contribution >= 4 is 16.9 Å². The fraction of sp³-hybridized carbons (Fsp3) is 0.333. The summed E-state index contributed by atoms with van der Waals surface area (Å²) >= 11 is 0. The molecule has 0 aliphatic heterocycles. The summed E-state index contributed by atoms with van der Waals surface area (Å²) in [4.78, 5) is 16.5. The van der Waals surface area contributed by atoms with Crippen molar-refractivity contribution in [3.8, 4) is 0 Å². The number of amides is 1. The van der Waals surface area contributed by atoms with E-state index in [1.165, 1.54) is 5.56 Å². The van der Waals surface area contributed by atoms with Gasteiger partial charge in [0.2, 0.25) is 5.91 Å². The first-order valence-electron chi connectivity index (χ1n) is 8.85. The van der Waals surface area contributed by atoms with Crippen molar-refractivity contribution in [3.63, 3.8) is 0 Å². The smallest absolute Gasteiger partial charge is 0.237 e. The summed E-state index contributed by atoms with van der Waals surface area (Å²) in [6, 6.07) is 15.8. The molecule has 1 amide bonds. The van der Waals surface area contributed by atoms with Crippen molar-refractivity contribution in [2.45, 2.75) is 39.9 Å². The van der Waals surface area contributed by atoms with E-state index in [1.54, 1.807) is 0 Å². The van der Waals surface area contributed by atoms with E-state index in [0.29, 0.717) is 6.54 Å². The molecule has 0 fully saturated rings. The number of nitrogens with one attached hydrogen (secondary N) is 1. The molecule has 5 heteroatoms. The van der Waals surface area contributed by atoms with E-state index >= 15 is 0 Å². The Bertz CT molecular complexity index is 890. The van der Waals surface area contributed by atoms with E-state index in [0.717, 1.165) is 23.1 Å². The highest BCUT2D eigenvalue weighted by Crippen LogP contribution is 2.17. The minimum absolute atomic E-state index is 0.119. The fourth-order valence-corrected chi connectivity index (χ4v) is 2.79. The topological polar surface area (TPSA) is 72.9 Å². The van der Waals surface area contributed by atoms with Gasteiger partial charge < -0.3 is 15.6 Å². The van der Waals surface area contributed by atoms with E-state index in [-0.39, 0.29) is 11.3 Å². The van der Waals surface area contributed by atoms with Crippen LogP contribution in [0.3, 0.4) is 0 Å². The summed E-state index contributed by atoms with van der Waals surface area (Å²) < 4.78 is 2.13. The minimum atomic E-state index is -0.517. The minimum Gasteiger partial charge on any atom is -0.351 e. The quantitative estimate of drug-likeness (QED) is 0.743. The van der Waals surface area contributed by atoms with Crippen LogP contribution in [0.2, 0.25) is 0 Å². The van der Waals surface area contributed by atoms with Gasteiger partial charge in [-0.2, -0.15) is 0 Å². The predicted molar refractivity (Wildman–Crippen MR) is 105 cm³/mol. The van der Waals surface area contributed by atoms with Crippen LogP contribution in [0.5, 0.6) is 0 Å². The van der Waals surface area contributed by atoms with Gasteiger partial charge in [0.25, 0.3) is 0 Å². The number of fused-ring (bicyclic) bond motifs is 1. The predicted octanol–water partition coefficient (Wildman–Crippen LogP) is 3.07. The number of rotatable bonds is 5. The number of nitrogens with zero attached hydrogens (tertiary/aromatic N) is 2. The molecule has 5 nitrogen and oxygen atoms in total. The summed E-state index contributed by atoms with van der Waals surface area (Å²) in [5.41, 5.74) is 10.1. The summed E-state index contributed by atoms with van der Waals surface area (Å²) in [6.07, 6.45) is 1.87. The molecule has 26 heavy (non-hydrogen) atoms. The van der Waals surface area contributed by atoms with E-state index in [1.807, 2.05) is 57.4 Å². The van der Waals surface area contributed by atoms with Crippen molar-refractivity contribution in [2.75, 3.05) is 0 Å². The molecule has 0 saturated heterocycles. The van der Waals surface area contributed by atoms with Gasteiger partial charge in [-0.15, -0.1) is 0 Å². The highest BCUT2D eigenvalue weighted by molar-refractivity contribution is 5.82. The number of hydrogen-bond acceptors (Lipinski definition) is 3. The van der Waals surface area contributed by atoms with Gasteiger partial charge in [0.05, 0.1) is 23.4 Å².